The topological polar surface area (TPSA) is 62.8 Å². The lowest BCUT2D eigenvalue weighted by atomic mass is 9.96. The minimum absolute atomic E-state index is 0.307. The molecular formula is C7H6N2O2. The van der Waals surface area contributed by atoms with Crippen LogP contribution in [-0.4, -0.2) is 21.8 Å². The van der Waals surface area contributed by atoms with Crippen LogP contribution < -0.4 is 0 Å². The zero-order chi connectivity index (χ0) is 7.84. The van der Waals surface area contributed by atoms with Gasteiger partial charge in [-0.15, -0.1) is 0 Å². The SMILES string of the molecule is O=C1CCc2[nH]ncc2C1=O. The molecule has 0 atom stereocenters. The molecule has 2 rings (SSSR count). The molecule has 1 aromatic heterocycles. The van der Waals surface area contributed by atoms with Gasteiger partial charge in [0.15, 0.2) is 0 Å². The van der Waals surface area contributed by atoms with Gasteiger partial charge in [-0.2, -0.15) is 5.10 Å². The molecule has 0 saturated heterocycles. The Bertz CT molecular complexity index is 327. The molecule has 0 saturated carbocycles. The number of Topliss-reactive ketones (excluding diaryl/α,β-unsaturated/α-hetero) is 2. The summed E-state index contributed by atoms with van der Waals surface area (Å²) in [4.78, 5) is 21.9. The van der Waals surface area contributed by atoms with Gasteiger partial charge in [0.1, 0.15) is 0 Å². The van der Waals surface area contributed by atoms with Crippen LogP contribution >= 0.6 is 0 Å². The van der Waals surface area contributed by atoms with Crippen LogP contribution in [0.2, 0.25) is 0 Å². The lowest BCUT2D eigenvalue weighted by Crippen LogP contribution is -2.20. The minimum atomic E-state index is -0.403. The molecule has 1 aromatic rings. The quantitative estimate of drug-likeness (QED) is 0.534. The van der Waals surface area contributed by atoms with E-state index in [4.69, 9.17) is 0 Å². The molecule has 0 amide bonds. The lowest BCUT2D eigenvalue weighted by Gasteiger charge is -2.06. The van der Waals surface area contributed by atoms with E-state index in [0.29, 0.717) is 18.4 Å². The third-order valence-electron chi connectivity index (χ3n) is 1.82. The second kappa shape index (κ2) is 2.02. The predicted octanol–water partition coefficient (Wildman–Crippen LogP) is 0.108. The number of aromatic nitrogens is 2. The van der Waals surface area contributed by atoms with Gasteiger partial charge in [-0.05, 0) is 6.42 Å². The number of ketones is 2. The number of rotatable bonds is 0. The summed E-state index contributed by atoms with van der Waals surface area (Å²) in [7, 11) is 0. The number of aromatic amines is 1. The second-order valence-electron chi connectivity index (χ2n) is 2.51. The predicted molar refractivity (Wildman–Crippen MR) is 36.2 cm³/mol. The third-order valence-corrected chi connectivity index (χ3v) is 1.82. The maximum atomic E-state index is 11.1. The number of nitrogens with one attached hydrogen (secondary N) is 1. The molecule has 4 heteroatoms. The summed E-state index contributed by atoms with van der Waals surface area (Å²) in [5.41, 5.74) is 1.23. The summed E-state index contributed by atoms with van der Waals surface area (Å²) >= 11 is 0. The monoisotopic (exact) mass is 150 g/mol. The average molecular weight is 150 g/mol. The van der Waals surface area contributed by atoms with E-state index in [1.807, 2.05) is 0 Å². The number of hydrogen-bond acceptors (Lipinski definition) is 3. The number of H-pyrrole nitrogens is 1. The Kier molecular flexibility index (Phi) is 1.15. The van der Waals surface area contributed by atoms with Gasteiger partial charge >= 0.3 is 0 Å². The van der Waals surface area contributed by atoms with E-state index in [2.05, 4.69) is 10.2 Å². The van der Waals surface area contributed by atoms with E-state index in [0.717, 1.165) is 5.69 Å². The van der Waals surface area contributed by atoms with Gasteiger partial charge in [-0.25, -0.2) is 0 Å². The molecule has 1 heterocycles. The maximum Gasteiger partial charge on any atom is 0.232 e. The van der Waals surface area contributed by atoms with Crippen molar-refractivity contribution in [2.75, 3.05) is 0 Å². The molecule has 56 valence electrons. The fourth-order valence-electron chi connectivity index (χ4n) is 1.20. The molecule has 0 spiro atoms. The fourth-order valence-corrected chi connectivity index (χ4v) is 1.20. The summed E-state index contributed by atoms with van der Waals surface area (Å²) in [5.74, 6) is -0.709. The minimum Gasteiger partial charge on any atom is -0.290 e. The molecule has 0 unspecified atom stereocenters. The maximum absolute atomic E-state index is 11.1. The number of aryl methyl sites for hydroxylation is 1. The van der Waals surface area contributed by atoms with Crippen LogP contribution in [-0.2, 0) is 11.2 Å². The van der Waals surface area contributed by atoms with Gasteiger partial charge in [-0.1, -0.05) is 0 Å². The van der Waals surface area contributed by atoms with Gasteiger partial charge in [0.05, 0.1) is 11.8 Å². The normalized spacial score (nSPS) is 16.7. The smallest absolute Gasteiger partial charge is 0.232 e. The highest BCUT2D eigenvalue weighted by atomic mass is 16.2. The molecule has 0 aliphatic heterocycles. The van der Waals surface area contributed by atoms with Crippen molar-refractivity contribution in [1.82, 2.24) is 10.2 Å². The molecule has 1 N–H and O–H groups in total. The average Bonchev–Trinajstić information content (AvgIpc) is 2.45. The molecular weight excluding hydrogens is 144 g/mol. The Morgan fingerprint density at radius 2 is 2.18 bits per heavy atom. The molecule has 0 aromatic carbocycles. The first-order valence-corrected chi connectivity index (χ1v) is 3.39. The number of nitrogens with zero attached hydrogens (tertiary/aromatic N) is 1. The Balaban J connectivity index is 2.54. The highest BCUT2D eigenvalue weighted by Gasteiger charge is 2.25. The Morgan fingerprint density at radius 1 is 1.36 bits per heavy atom. The van der Waals surface area contributed by atoms with Crippen LogP contribution in [0, 0.1) is 0 Å². The van der Waals surface area contributed by atoms with Crippen molar-refractivity contribution < 1.29 is 9.59 Å². The summed E-state index contributed by atoms with van der Waals surface area (Å²) in [6.07, 6.45) is 2.34. The zero-order valence-electron chi connectivity index (χ0n) is 5.76. The number of hydrogen-bond donors (Lipinski definition) is 1. The molecule has 4 nitrogen and oxygen atoms in total. The van der Waals surface area contributed by atoms with Crippen molar-refractivity contribution in [3.05, 3.63) is 17.5 Å². The van der Waals surface area contributed by atoms with E-state index in [1.165, 1.54) is 6.20 Å². The largest absolute Gasteiger partial charge is 0.290 e. The third kappa shape index (κ3) is 0.790. The van der Waals surface area contributed by atoms with Crippen LogP contribution in [0.3, 0.4) is 0 Å². The highest BCUT2D eigenvalue weighted by Crippen LogP contribution is 2.15. The first-order valence-electron chi connectivity index (χ1n) is 3.39. The number of carbonyl (C=O) groups is 2. The van der Waals surface area contributed by atoms with Crippen LogP contribution in [0.15, 0.2) is 6.20 Å². The Hall–Kier alpha value is -1.45. The van der Waals surface area contributed by atoms with Gasteiger partial charge in [0.2, 0.25) is 11.6 Å². The standard InChI is InChI=1S/C7H6N2O2/c10-6-2-1-5-4(7(6)11)3-8-9-5/h3H,1-2H2,(H,8,9). The molecule has 11 heavy (non-hydrogen) atoms. The van der Waals surface area contributed by atoms with Gasteiger partial charge in [-0.3, -0.25) is 14.7 Å². The van der Waals surface area contributed by atoms with Crippen molar-refractivity contribution >= 4 is 11.6 Å². The van der Waals surface area contributed by atoms with E-state index in [9.17, 15) is 9.59 Å². The molecule has 0 bridgehead atoms. The first kappa shape index (κ1) is 6.27. The summed E-state index contributed by atoms with van der Waals surface area (Å²) in [6.45, 7) is 0. The van der Waals surface area contributed by atoms with Crippen molar-refractivity contribution in [3.8, 4) is 0 Å². The van der Waals surface area contributed by atoms with E-state index < -0.39 is 5.78 Å². The summed E-state index contributed by atoms with van der Waals surface area (Å²) < 4.78 is 0. The van der Waals surface area contributed by atoms with Crippen molar-refractivity contribution in [2.45, 2.75) is 12.8 Å². The highest BCUT2D eigenvalue weighted by molar-refractivity contribution is 6.44. The van der Waals surface area contributed by atoms with Crippen molar-refractivity contribution in [2.24, 2.45) is 0 Å². The van der Waals surface area contributed by atoms with Gasteiger partial charge in [0.25, 0.3) is 0 Å². The van der Waals surface area contributed by atoms with Crippen LogP contribution in [0.1, 0.15) is 22.5 Å². The van der Waals surface area contributed by atoms with Crippen LogP contribution in [0.25, 0.3) is 0 Å². The van der Waals surface area contributed by atoms with Gasteiger partial charge in [0, 0.05) is 12.1 Å². The fraction of sp³-hybridized carbons (Fsp3) is 0.286. The summed E-state index contributed by atoms with van der Waals surface area (Å²) in [6, 6.07) is 0. The molecule has 0 radical (unpaired) electrons. The first-order chi connectivity index (χ1) is 5.29. The van der Waals surface area contributed by atoms with Crippen molar-refractivity contribution in [3.63, 3.8) is 0 Å². The Labute approximate surface area is 62.6 Å². The van der Waals surface area contributed by atoms with Crippen molar-refractivity contribution in [1.29, 1.82) is 0 Å². The molecule has 1 aliphatic carbocycles. The second-order valence-corrected chi connectivity index (χ2v) is 2.51. The van der Waals surface area contributed by atoms with E-state index in [1.54, 1.807) is 0 Å². The number of carbonyl (C=O) groups excluding carboxylic acids is 2. The summed E-state index contributed by atoms with van der Waals surface area (Å²) in [5, 5.41) is 6.38. The van der Waals surface area contributed by atoms with Gasteiger partial charge < -0.3 is 0 Å². The number of fused-ring (bicyclic) bond motifs is 1. The zero-order valence-corrected chi connectivity index (χ0v) is 5.76. The van der Waals surface area contributed by atoms with Crippen LogP contribution in [0.4, 0.5) is 0 Å². The molecule has 1 aliphatic rings. The van der Waals surface area contributed by atoms with E-state index in [-0.39, 0.29) is 5.78 Å². The Morgan fingerprint density at radius 3 is 3.00 bits per heavy atom. The van der Waals surface area contributed by atoms with E-state index >= 15 is 0 Å². The van der Waals surface area contributed by atoms with Crippen LogP contribution in [0.5, 0.6) is 0 Å². The lowest BCUT2D eigenvalue weighted by molar-refractivity contribution is -0.115. The molecule has 0 fully saturated rings.